The van der Waals surface area contributed by atoms with Crippen LogP contribution in [0.15, 0.2) is 18.2 Å². The van der Waals surface area contributed by atoms with Crippen molar-refractivity contribution >= 4 is 17.3 Å². The molecule has 1 heterocycles. The van der Waals surface area contributed by atoms with Crippen LogP contribution in [0.5, 0.6) is 0 Å². The molecule has 1 aliphatic heterocycles. The summed E-state index contributed by atoms with van der Waals surface area (Å²) in [4.78, 5) is 24.3. The number of hydrogen-bond donors (Lipinski definition) is 2. The molecule has 0 radical (unpaired) electrons. The zero-order valence-corrected chi connectivity index (χ0v) is 11.4. The van der Waals surface area contributed by atoms with Gasteiger partial charge < -0.3 is 15.5 Å². The van der Waals surface area contributed by atoms with Crippen LogP contribution in [0.4, 0.5) is 11.4 Å². The van der Waals surface area contributed by atoms with Crippen LogP contribution < -0.4 is 10.6 Å². The molecule has 0 aromatic heterocycles. The summed E-state index contributed by atoms with van der Waals surface area (Å²) in [6, 6.07) is 4.92. The van der Waals surface area contributed by atoms with Crippen LogP contribution in [0.25, 0.3) is 0 Å². The maximum absolute atomic E-state index is 12.0. The fraction of sp³-hybridized carbons (Fsp3) is 0.462. The van der Waals surface area contributed by atoms with E-state index in [4.69, 9.17) is 0 Å². The van der Waals surface area contributed by atoms with E-state index in [-0.39, 0.29) is 18.1 Å². The van der Waals surface area contributed by atoms with Gasteiger partial charge in [0.2, 0.25) is 5.91 Å². The molecule has 1 saturated heterocycles. The molecule has 1 aromatic carbocycles. The highest BCUT2D eigenvalue weighted by molar-refractivity contribution is 5.82. The van der Waals surface area contributed by atoms with Gasteiger partial charge in [-0.2, -0.15) is 0 Å². The van der Waals surface area contributed by atoms with E-state index in [1.54, 1.807) is 24.0 Å². The smallest absolute Gasteiger partial charge is 0.292 e. The zero-order chi connectivity index (χ0) is 14.5. The first-order valence-corrected chi connectivity index (χ1v) is 6.55. The Kier molecular flexibility index (Phi) is 4.52. The normalized spacial score (nSPS) is 14.9. The van der Waals surface area contributed by atoms with E-state index in [1.165, 1.54) is 6.07 Å². The van der Waals surface area contributed by atoms with Gasteiger partial charge in [-0.15, -0.1) is 0 Å². The number of rotatable bonds is 4. The molecule has 7 heteroatoms. The maximum Gasteiger partial charge on any atom is 0.292 e. The standard InChI is InChI=1S/C13H18N4O3/c1-10-2-3-11(12(8-10)17(19)20)15-9-13(18)16-6-4-14-5-7-16/h2-3,8,14-15H,4-7,9H2,1H3. The van der Waals surface area contributed by atoms with Crippen molar-refractivity contribution in [1.82, 2.24) is 10.2 Å². The number of nitro groups is 1. The number of carbonyl (C=O) groups is 1. The molecular formula is C13H18N4O3. The molecule has 2 rings (SSSR count). The number of nitrogens with one attached hydrogen (secondary N) is 2. The molecule has 0 spiro atoms. The first-order valence-electron chi connectivity index (χ1n) is 6.55. The molecular weight excluding hydrogens is 260 g/mol. The van der Waals surface area contributed by atoms with E-state index in [0.717, 1.165) is 18.7 Å². The molecule has 108 valence electrons. The molecule has 2 N–H and O–H groups in total. The summed E-state index contributed by atoms with van der Waals surface area (Å²) < 4.78 is 0. The number of aryl methyl sites for hydroxylation is 1. The Morgan fingerprint density at radius 1 is 1.45 bits per heavy atom. The minimum absolute atomic E-state index is 0.00175. The zero-order valence-electron chi connectivity index (χ0n) is 11.4. The van der Waals surface area contributed by atoms with Crippen molar-refractivity contribution in [2.24, 2.45) is 0 Å². The van der Waals surface area contributed by atoms with Crippen molar-refractivity contribution in [1.29, 1.82) is 0 Å². The number of hydrogen-bond acceptors (Lipinski definition) is 5. The topological polar surface area (TPSA) is 87.5 Å². The largest absolute Gasteiger partial charge is 0.371 e. The Labute approximate surface area is 117 Å². The van der Waals surface area contributed by atoms with E-state index < -0.39 is 4.92 Å². The minimum atomic E-state index is -0.440. The molecule has 1 aliphatic rings. The summed E-state index contributed by atoms with van der Waals surface area (Å²) in [5.74, 6) is -0.0404. The van der Waals surface area contributed by atoms with Crippen LogP contribution in [-0.4, -0.2) is 48.5 Å². The van der Waals surface area contributed by atoms with Gasteiger partial charge in [-0.25, -0.2) is 0 Å². The Morgan fingerprint density at radius 3 is 2.80 bits per heavy atom. The SMILES string of the molecule is Cc1ccc(NCC(=O)N2CCNCC2)c([N+](=O)[O-])c1. The van der Waals surface area contributed by atoms with Crippen LogP contribution in [0.1, 0.15) is 5.56 Å². The molecule has 0 saturated carbocycles. The van der Waals surface area contributed by atoms with Gasteiger partial charge in [0.15, 0.2) is 0 Å². The summed E-state index contributed by atoms with van der Waals surface area (Å²) in [5, 5.41) is 17.0. The average Bonchev–Trinajstić information content (AvgIpc) is 2.46. The lowest BCUT2D eigenvalue weighted by molar-refractivity contribution is -0.384. The average molecular weight is 278 g/mol. The Balaban J connectivity index is 1.99. The van der Waals surface area contributed by atoms with E-state index in [1.807, 2.05) is 0 Å². The van der Waals surface area contributed by atoms with Gasteiger partial charge >= 0.3 is 0 Å². The molecule has 0 bridgehead atoms. The molecule has 1 fully saturated rings. The summed E-state index contributed by atoms with van der Waals surface area (Å²) in [7, 11) is 0. The van der Waals surface area contributed by atoms with Gasteiger partial charge in [0, 0.05) is 32.2 Å². The number of piperazine rings is 1. The van der Waals surface area contributed by atoms with Crippen molar-refractivity contribution in [2.45, 2.75) is 6.92 Å². The van der Waals surface area contributed by atoms with Gasteiger partial charge in [0.05, 0.1) is 11.5 Å². The predicted octanol–water partition coefficient (Wildman–Crippen LogP) is 0.747. The number of benzene rings is 1. The van der Waals surface area contributed by atoms with Gasteiger partial charge in [-0.1, -0.05) is 6.07 Å². The predicted molar refractivity (Wildman–Crippen MR) is 75.8 cm³/mol. The monoisotopic (exact) mass is 278 g/mol. The van der Waals surface area contributed by atoms with Gasteiger partial charge in [-0.05, 0) is 18.6 Å². The Morgan fingerprint density at radius 2 is 2.15 bits per heavy atom. The highest BCUT2D eigenvalue weighted by atomic mass is 16.6. The van der Waals surface area contributed by atoms with Crippen molar-refractivity contribution < 1.29 is 9.72 Å². The van der Waals surface area contributed by atoms with Crippen LogP contribution in [-0.2, 0) is 4.79 Å². The van der Waals surface area contributed by atoms with E-state index in [2.05, 4.69) is 10.6 Å². The quantitative estimate of drug-likeness (QED) is 0.626. The molecule has 0 aliphatic carbocycles. The lowest BCUT2D eigenvalue weighted by Gasteiger charge is -2.27. The molecule has 0 unspecified atom stereocenters. The van der Waals surface area contributed by atoms with Gasteiger partial charge in [0.25, 0.3) is 5.69 Å². The summed E-state index contributed by atoms with van der Waals surface area (Å²) >= 11 is 0. The second-order valence-electron chi connectivity index (χ2n) is 4.76. The lowest BCUT2D eigenvalue weighted by Crippen LogP contribution is -2.48. The maximum atomic E-state index is 12.0. The molecule has 1 aromatic rings. The summed E-state index contributed by atoms with van der Waals surface area (Å²) in [6.45, 7) is 4.80. The molecule has 20 heavy (non-hydrogen) atoms. The highest BCUT2D eigenvalue weighted by Gasteiger charge is 2.18. The third kappa shape index (κ3) is 3.45. The summed E-state index contributed by atoms with van der Waals surface area (Å²) in [5.41, 5.74) is 1.19. The van der Waals surface area contributed by atoms with E-state index in [0.29, 0.717) is 18.8 Å². The first kappa shape index (κ1) is 14.3. The van der Waals surface area contributed by atoms with E-state index >= 15 is 0 Å². The van der Waals surface area contributed by atoms with Crippen molar-refractivity contribution in [3.05, 3.63) is 33.9 Å². The molecule has 7 nitrogen and oxygen atoms in total. The van der Waals surface area contributed by atoms with Crippen molar-refractivity contribution in [3.8, 4) is 0 Å². The van der Waals surface area contributed by atoms with Crippen LogP contribution >= 0.6 is 0 Å². The number of nitro benzene ring substituents is 1. The summed E-state index contributed by atoms with van der Waals surface area (Å²) in [6.07, 6.45) is 0. The van der Waals surface area contributed by atoms with Crippen LogP contribution in [0, 0.1) is 17.0 Å². The van der Waals surface area contributed by atoms with Crippen molar-refractivity contribution in [2.75, 3.05) is 38.0 Å². The van der Waals surface area contributed by atoms with Crippen LogP contribution in [0.3, 0.4) is 0 Å². The molecule has 1 amide bonds. The van der Waals surface area contributed by atoms with E-state index in [9.17, 15) is 14.9 Å². The molecule has 0 atom stereocenters. The van der Waals surface area contributed by atoms with Crippen LogP contribution in [0.2, 0.25) is 0 Å². The minimum Gasteiger partial charge on any atom is -0.371 e. The fourth-order valence-electron chi connectivity index (χ4n) is 2.14. The fourth-order valence-corrected chi connectivity index (χ4v) is 2.14. The number of anilines is 1. The third-order valence-electron chi connectivity index (χ3n) is 3.25. The second-order valence-corrected chi connectivity index (χ2v) is 4.76. The van der Waals surface area contributed by atoms with Gasteiger partial charge in [-0.3, -0.25) is 14.9 Å². The Bertz CT molecular complexity index is 512. The lowest BCUT2D eigenvalue weighted by atomic mass is 10.2. The highest BCUT2D eigenvalue weighted by Crippen LogP contribution is 2.25. The Hall–Kier alpha value is -2.15. The number of carbonyl (C=O) groups excluding carboxylic acids is 1. The van der Waals surface area contributed by atoms with Crippen molar-refractivity contribution in [3.63, 3.8) is 0 Å². The second kappa shape index (κ2) is 6.33. The number of amides is 1. The first-order chi connectivity index (χ1) is 9.58. The third-order valence-corrected chi connectivity index (χ3v) is 3.25. The van der Waals surface area contributed by atoms with Gasteiger partial charge in [0.1, 0.15) is 5.69 Å². The number of nitrogens with zero attached hydrogens (tertiary/aromatic N) is 2.